The fraction of sp³-hybridized carbons (Fsp3) is 0.167. The van der Waals surface area contributed by atoms with Gasteiger partial charge in [-0.3, -0.25) is 14.5 Å². The minimum Gasteiger partial charge on any atom is -0.465 e. The molecule has 0 saturated carbocycles. The third-order valence-electron chi connectivity index (χ3n) is 3.75. The maximum atomic E-state index is 12.5. The average molecular weight is 609 g/mol. The van der Waals surface area contributed by atoms with E-state index in [4.69, 9.17) is 16.6 Å². The molecule has 0 radical (unpaired) electrons. The summed E-state index contributed by atoms with van der Waals surface area (Å²) in [6.07, 6.45) is 3.99. The van der Waals surface area contributed by atoms with Crippen LogP contribution in [-0.2, 0) is 9.59 Å². The Bertz CT molecular complexity index is 938. The highest BCUT2D eigenvalue weighted by Gasteiger charge is 2.31. The molecule has 2 heterocycles. The van der Waals surface area contributed by atoms with Crippen molar-refractivity contribution < 1.29 is 14.0 Å². The van der Waals surface area contributed by atoms with Gasteiger partial charge in [-0.1, -0.05) is 39.9 Å². The topological polar surface area (TPSA) is 62.6 Å². The van der Waals surface area contributed by atoms with E-state index in [-0.39, 0.29) is 18.2 Å². The summed E-state index contributed by atoms with van der Waals surface area (Å²) in [7, 11) is 0. The highest BCUT2D eigenvalue weighted by molar-refractivity contribution is 9.11. The minimum absolute atomic E-state index is 0.139. The van der Waals surface area contributed by atoms with E-state index in [0.29, 0.717) is 33.6 Å². The van der Waals surface area contributed by atoms with Gasteiger partial charge in [-0.05, 0) is 62.5 Å². The molecular weight excluding hydrogens is 596 g/mol. The summed E-state index contributed by atoms with van der Waals surface area (Å²) in [5, 5.41) is 2.87. The number of anilines is 1. The first-order valence-corrected chi connectivity index (χ1v) is 11.7. The van der Waals surface area contributed by atoms with Crippen LogP contribution in [0, 0.1) is 0 Å². The first-order valence-electron chi connectivity index (χ1n) is 8.08. The molecule has 1 N–H and O–H groups in total. The van der Waals surface area contributed by atoms with Gasteiger partial charge in [-0.2, -0.15) is 0 Å². The predicted octanol–water partition coefficient (Wildman–Crippen LogP) is 6.19. The van der Waals surface area contributed by atoms with Crippen molar-refractivity contribution in [3.05, 3.63) is 54.6 Å². The van der Waals surface area contributed by atoms with Crippen LogP contribution < -0.4 is 5.32 Å². The van der Waals surface area contributed by atoms with E-state index >= 15 is 0 Å². The number of hydrogen-bond acceptors (Lipinski definition) is 5. The molecule has 0 unspecified atom stereocenters. The number of benzene rings is 1. The number of amides is 2. The number of rotatable bonds is 6. The molecule has 10 heteroatoms. The Kier molecular flexibility index (Phi) is 7.54. The maximum absolute atomic E-state index is 12.5. The molecule has 28 heavy (non-hydrogen) atoms. The van der Waals surface area contributed by atoms with Gasteiger partial charge in [0.1, 0.15) is 10.1 Å². The molecule has 1 aliphatic rings. The standard InChI is InChI=1S/C18H13Br3N2O3S2/c19-10-7-12(20)16(13(21)8-10)22-15(24)4-1-5-23-17(25)14(28-18(23)27)9-11-3-2-6-26-11/h2-3,6-9H,1,4-5H2,(H,22,24)/b14-9+. The lowest BCUT2D eigenvalue weighted by Gasteiger charge is -2.14. The third kappa shape index (κ3) is 5.35. The van der Waals surface area contributed by atoms with E-state index in [2.05, 4.69) is 53.1 Å². The Labute approximate surface area is 196 Å². The van der Waals surface area contributed by atoms with Gasteiger partial charge in [-0.25, -0.2) is 0 Å². The van der Waals surface area contributed by atoms with E-state index in [1.54, 1.807) is 24.5 Å². The molecule has 2 amide bonds. The Morgan fingerprint density at radius 1 is 1.29 bits per heavy atom. The van der Waals surface area contributed by atoms with Crippen molar-refractivity contribution in [3.8, 4) is 0 Å². The van der Waals surface area contributed by atoms with Crippen molar-refractivity contribution in [1.82, 2.24) is 4.90 Å². The summed E-state index contributed by atoms with van der Waals surface area (Å²) in [5.74, 6) is 0.302. The van der Waals surface area contributed by atoms with Gasteiger partial charge in [0.05, 0.1) is 16.9 Å². The lowest BCUT2D eigenvalue weighted by molar-refractivity contribution is -0.122. The fourth-order valence-corrected chi connectivity index (χ4v) is 6.20. The molecule has 0 aliphatic carbocycles. The first kappa shape index (κ1) is 21.8. The van der Waals surface area contributed by atoms with Gasteiger partial charge in [0, 0.05) is 32.5 Å². The average Bonchev–Trinajstić information content (AvgIpc) is 3.22. The third-order valence-corrected chi connectivity index (χ3v) is 6.83. The Morgan fingerprint density at radius 2 is 2.00 bits per heavy atom. The minimum atomic E-state index is -0.162. The van der Waals surface area contributed by atoms with Crippen LogP contribution in [0.5, 0.6) is 0 Å². The number of nitrogens with one attached hydrogen (secondary N) is 1. The summed E-state index contributed by atoms with van der Waals surface area (Å²) in [4.78, 5) is 26.8. The number of thiocarbonyl (C=S) groups is 1. The van der Waals surface area contributed by atoms with E-state index in [1.807, 2.05) is 12.1 Å². The maximum Gasteiger partial charge on any atom is 0.266 e. The van der Waals surface area contributed by atoms with Gasteiger partial charge >= 0.3 is 0 Å². The molecule has 5 nitrogen and oxygen atoms in total. The zero-order valence-corrected chi connectivity index (χ0v) is 20.6. The quantitative estimate of drug-likeness (QED) is 0.313. The summed E-state index contributed by atoms with van der Waals surface area (Å²) < 4.78 is 8.15. The number of thioether (sulfide) groups is 1. The van der Waals surface area contributed by atoms with Crippen LogP contribution in [0.25, 0.3) is 6.08 Å². The van der Waals surface area contributed by atoms with Gasteiger partial charge < -0.3 is 9.73 Å². The van der Waals surface area contributed by atoms with Crippen molar-refractivity contribution >= 4 is 99.7 Å². The molecule has 1 aromatic heterocycles. The highest BCUT2D eigenvalue weighted by atomic mass is 79.9. The van der Waals surface area contributed by atoms with E-state index in [0.717, 1.165) is 13.4 Å². The lowest BCUT2D eigenvalue weighted by atomic mass is 10.2. The smallest absolute Gasteiger partial charge is 0.266 e. The number of hydrogen-bond donors (Lipinski definition) is 1. The second-order valence-electron chi connectivity index (χ2n) is 5.74. The molecular formula is C18H13Br3N2O3S2. The van der Waals surface area contributed by atoms with Crippen molar-refractivity contribution in [2.75, 3.05) is 11.9 Å². The molecule has 3 rings (SSSR count). The van der Waals surface area contributed by atoms with Crippen LogP contribution in [0.3, 0.4) is 0 Å². The molecule has 146 valence electrons. The molecule has 1 fully saturated rings. The Hall–Kier alpha value is -0.940. The lowest BCUT2D eigenvalue weighted by Crippen LogP contribution is -2.29. The van der Waals surface area contributed by atoms with Gasteiger partial charge in [0.25, 0.3) is 5.91 Å². The molecule has 1 aromatic carbocycles. The molecule has 1 saturated heterocycles. The second-order valence-corrected chi connectivity index (χ2v) is 10.0. The summed E-state index contributed by atoms with van der Waals surface area (Å²) >= 11 is 16.8. The molecule has 1 aliphatic heterocycles. The van der Waals surface area contributed by atoms with Crippen molar-refractivity contribution in [1.29, 1.82) is 0 Å². The number of furan rings is 1. The SMILES string of the molecule is O=C(CCCN1C(=O)/C(=C\c2ccco2)SC1=S)Nc1c(Br)cc(Br)cc1Br. The van der Waals surface area contributed by atoms with Crippen LogP contribution in [0.2, 0.25) is 0 Å². The Morgan fingerprint density at radius 3 is 2.64 bits per heavy atom. The van der Waals surface area contributed by atoms with Crippen molar-refractivity contribution in [3.63, 3.8) is 0 Å². The molecule has 0 bridgehead atoms. The van der Waals surface area contributed by atoms with E-state index in [1.165, 1.54) is 16.7 Å². The van der Waals surface area contributed by atoms with Gasteiger partial charge in [0.15, 0.2) is 0 Å². The zero-order valence-electron chi connectivity index (χ0n) is 14.2. The second kappa shape index (κ2) is 9.71. The van der Waals surface area contributed by atoms with Crippen LogP contribution in [0.15, 0.2) is 53.3 Å². The zero-order chi connectivity index (χ0) is 20.3. The molecule has 0 atom stereocenters. The largest absolute Gasteiger partial charge is 0.465 e. The van der Waals surface area contributed by atoms with Gasteiger partial charge in [-0.15, -0.1) is 0 Å². The summed E-state index contributed by atoms with van der Waals surface area (Å²) in [6, 6.07) is 7.24. The monoisotopic (exact) mass is 606 g/mol. The number of nitrogens with zero attached hydrogens (tertiary/aromatic N) is 1. The predicted molar refractivity (Wildman–Crippen MR) is 126 cm³/mol. The Balaban J connectivity index is 1.54. The van der Waals surface area contributed by atoms with Crippen LogP contribution in [0.1, 0.15) is 18.6 Å². The number of carbonyl (C=O) groups is 2. The molecule has 2 aromatic rings. The number of carbonyl (C=O) groups excluding carboxylic acids is 2. The normalized spacial score (nSPS) is 15.5. The van der Waals surface area contributed by atoms with Crippen LogP contribution in [-0.4, -0.2) is 27.6 Å². The molecule has 0 spiro atoms. The highest BCUT2D eigenvalue weighted by Crippen LogP contribution is 2.35. The first-order chi connectivity index (χ1) is 13.3. The van der Waals surface area contributed by atoms with Crippen LogP contribution >= 0.6 is 71.8 Å². The van der Waals surface area contributed by atoms with Gasteiger partial charge in [0.2, 0.25) is 5.91 Å². The van der Waals surface area contributed by atoms with Crippen molar-refractivity contribution in [2.24, 2.45) is 0 Å². The van der Waals surface area contributed by atoms with E-state index in [9.17, 15) is 9.59 Å². The van der Waals surface area contributed by atoms with E-state index < -0.39 is 0 Å². The van der Waals surface area contributed by atoms with Crippen molar-refractivity contribution in [2.45, 2.75) is 12.8 Å². The number of halogens is 3. The fourth-order valence-electron chi connectivity index (χ4n) is 2.46. The summed E-state index contributed by atoms with van der Waals surface area (Å²) in [6.45, 7) is 0.385. The summed E-state index contributed by atoms with van der Waals surface area (Å²) in [5.41, 5.74) is 0.667. The van der Waals surface area contributed by atoms with Crippen LogP contribution in [0.4, 0.5) is 5.69 Å².